The zero-order valence-corrected chi connectivity index (χ0v) is 13.3. The fraction of sp³-hybridized carbons (Fsp3) is 0.0588. The van der Waals surface area contributed by atoms with E-state index in [0.29, 0.717) is 16.6 Å². The lowest BCUT2D eigenvalue weighted by Crippen LogP contribution is -2.20. The molecule has 0 saturated heterocycles. The van der Waals surface area contributed by atoms with E-state index in [-0.39, 0.29) is 12.3 Å². The van der Waals surface area contributed by atoms with Gasteiger partial charge in [0.1, 0.15) is 11.6 Å². The Bertz CT molecular complexity index is 866. The van der Waals surface area contributed by atoms with E-state index in [9.17, 15) is 9.18 Å². The fourth-order valence-electron chi connectivity index (χ4n) is 2.11. The van der Waals surface area contributed by atoms with Crippen LogP contribution in [-0.4, -0.2) is 17.5 Å². The number of benzene rings is 2. The Balaban J connectivity index is 1.69. The van der Waals surface area contributed by atoms with Crippen molar-refractivity contribution in [2.75, 3.05) is 17.7 Å². The predicted molar refractivity (Wildman–Crippen MR) is 92.5 cm³/mol. The standard InChI is InChI=1S/C17H14FN3O2S/c18-12-6-2-3-7-13(12)20-16(22)9-23-15-8-4-1-5-11(15)14-10-24-17(19)21-14/h1-8,10H,9H2,(H2,19,21)(H,20,22). The molecule has 122 valence electrons. The van der Waals surface area contributed by atoms with Crippen LogP contribution in [0.5, 0.6) is 5.75 Å². The molecule has 1 heterocycles. The summed E-state index contributed by atoms with van der Waals surface area (Å²) in [6, 6.07) is 13.2. The zero-order valence-electron chi connectivity index (χ0n) is 12.5. The van der Waals surface area contributed by atoms with Gasteiger partial charge in [-0.2, -0.15) is 0 Å². The number of nitrogens with two attached hydrogens (primary N) is 1. The molecule has 0 aliphatic heterocycles. The minimum absolute atomic E-state index is 0.117. The summed E-state index contributed by atoms with van der Waals surface area (Å²) in [7, 11) is 0. The first kappa shape index (κ1) is 15.9. The molecule has 0 unspecified atom stereocenters. The van der Waals surface area contributed by atoms with Crippen LogP contribution in [0.4, 0.5) is 15.2 Å². The van der Waals surface area contributed by atoms with Gasteiger partial charge in [-0.05, 0) is 24.3 Å². The maximum atomic E-state index is 13.5. The molecule has 1 aromatic heterocycles. The predicted octanol–water partition coefficient (Wildman–Crippen LogP) is 3.55. The summed E-state index contributed by atoms with van der Waals surface area (Å²) in [5, 5.41) is 4.74. The molecule has 0 radical (unpaired) electrons. The van der Waals surface area contributed by atoms with Crippen LogP contribution >= 0.6 is 11.3 Å². The van der Waals surface area contributed by atoms with E-state index in [1.807, 2.05) is 17.5 Å². The largest absolute Gasteiger partial charge is 0.483 e. The van der Waals surface area contributed by atoms with Gasteiger partial charge in [-0.1, -0.05) is 24.3 Å². The second-order valence-corrected chi connectivity index (χ2v) is 5.77. The van der Waals surface area contributed by atoms with Gasteiger partial charge in [0, 0.05) is 10.9 Å². The van der Waals surface area contributed by atoms with Gasteiger partial charge in [0.05, 0.1) is 11.4 Å². The number of nitrogens with one attached hydrogen (secondary N) is 1. The van der Waals surface area contributed by atoms with Crippen molar-refractivity contribution in [1.29, 1.82) is 0 Å². The normalized spacial score (nSPS) is 10.4. The van der Waals surface area contributed by atoms with Gasteiger partial charge in [0.25, 0.3) is 5.91 Å². The summed E-state index contributed by atoms with van der Waals surface area (Å²) in [6.45, 7) is -0.245. The molecule has 0 spiro atoms. The quantitative estimate of drug-likeness (QED) is 0.743. The average molecular weight is 343 g/mol. The molecule has 1 amide bonds. The summed E-state index contributed by atoms with van der Waals surface area (Å²) in [4.78, 5) is 16.2. The van der Waals surface area contributed by atoms with Crippen LogP contribution in [0.3, 0.4) is 0 Å². The van der Waals surface area contributed by atoms with E-state index in [2.05, 4.69) is 10.3 Å². The highest BCUT2D eigenvalue weighted by atomic mass is 32.1. The van der Waals surface area contributed by atoms with Crippen LogP contribution in [0.15, 0.2) is 53.9 Å². The molecule has 0 bridgehead atoms. The van der Waals surface area contributed by atoms with Crippen molar-refractivity contribution in [2.24, 2.45) is 0 Å². The Kier molecular flexibility index (Phi) is 4.72. The molecule has 0 aliphatic rings. The van der Waals surface area contributed by atoms with Gasteiger partial charge in [-0.15, -0.1) is 11.3 Å². The fourth-order valence-corrected chi connectivity index (χ4v) is 2.67. The lowest BCUT2D eigenvalue weighted by Gasteiger charge is -2.10. The molecule has 5 nitrogen and oxygen atoms in total. The number of anilines is 2. The highest BCUT2D eigenvalue weighted by Crippen LogP contribution is 2.31. The number of nitrogens with zero attached hydrogens (tertiary/aromatic N) is 1. The first-order chi connectivity index (χ1) is 11.6. The lowest BCUT2D eigenvalue weighted by atomic mass is 10.1. The number of carbonyl (C=O) groups excluding carboxylic acids is 1. The molecule has 0 saturated carbocycles. The molecule has 0 aliphatic carbocycles. The van der Waals surface area contributed by atoms with Gasteiger partial charge in [-0.25, -0.2) is 9.37 Å². The van der Waals surface area contributed by atoms with E-state index in [1.165, 1.54) is 23.5 Å². The highest BCUT2D eigenvalue weighted by Gasteiger charge is 2.12. The molecule has 3 N–H and O–H groups in total. The van der Waals surface area contributed by atoms with Crippen molar-refractivity contribution < 1.29 is 13.9 Å². The van der Waals surface area contributed by atoms with Gasteiger partial charge in [-0.3, -0.25) is 4.79 Å². The van der Waals surface area contributed by atoms with Gasteiger partial charge < -0.3 is 15.8 Å². The Morgan fingerprint density at radius 3 is 2.71 bits per heavy atom. The number of para-hydroxylation sites is 2. The van der Waals surface area contributed by atoms with Crippen molar-refractivity contribution in [1.82, 2.24) is 4.98 Å². The Hall–Kier alpha value is -2.93. The van der Waals surface area contributed by atoms with E-state index < -0.39 is 11.7 Å². The van der Waals surface area contributed by atoms with Crippen molar-refractivity contribution in [2.45, 2.75) is 0 Å². The van der Waals surface area contributed by atoms with E-state index in [4.69, 9.17) is 10.5 Å². The van der Waals surface area contributed by atoms with Crippen LogP contribution in [0.25, 0.3) is 11.3 Å². The molecule has 0 fully saturated rings. The smallest absolute Gasteiger partial charge is 0.262 e. The number of amides is 1. The second kappa shape index (κ2) is 7.10. The third-order valence-corrected chi connectivity index (χ3v) is 3.87. The molecular weight excluding hydrogens is 329 g/mol. The second-order valence-electron chi connectivity index (χ2n) is 4.88. The van der Waals surface area contributed by atoms with Gasteiger partial charge in [0.2, 0.25) is 0 Å². The topological polar surface area (TPSA) is 77.2 Å². The number of hydrogen-bond acceptors (Lipinski definition) is 5. The lowest BCUT2D eigenvalue weighted by molar-refractivity contribution is -0.118. The number of carbonyl (C=O) groups is 1. The minimum atomic E-state index is -0.496. The molecule has 2 aromatic carbocycles. The number of thiazole rings is 1. The zero-order chi connectivity index (χ0) is 16.9. The van der Waals surface area contributed by atoms with Crippen molar-refractivity contribution >= 4 is 28.1 Å². The van der Waals surface area contributed by atoms with Crippen LogP contribution in [0.1, 0.15) is 0 Å². The summed E-state index contributed by atoms with van der Waals surface area (Å²) < 4.78 is 19.1. The maximum absolute atomic E-state index is 13.5. The van der Waals surface area contributed by atoms with Crippen LogP contribution < -0.4 is 15.8 Å². The third kappa shape index (κ3) is 3.69. The number of hydrogen-bond donors (Lipinski definition) is 2. The molecular formula is C17H14FN3O2S. The Labute approximate surface area is 141 Å². The van der Waals surface area contributed by atoms with Gasteiger partial charge in [0.15, 0.2) is 11.7 Å². The number of ether oxygens (including phenoxy) is 1. The van der Waals surface area contributed by atoms with E-state index in [1.54, 1.807) is 24.3 Å². The maximum Gasteiger partial charge on any atom is 0.262 e. The first-order valence-corrected chi connectivity index (χ1v) is 7.99. The van der Waals surface area contributed by atoms with Crippen LogP contribution in [0.2, 0.25) is 0 Å². The summed E-state index contributed by atoms with van der Waals surface area (Å²) in [5.74, 6) is -0.441. The van der Waals surface area contributed by atoms with Crippen LogP contribution in [0, 0.1) is 5.82 Å². The van der Waals surface area contributed by atoms with Crippen LogP contribution in [-0.2, 0) is 4.79 Å². The number of aromatic nitrogens is 1. The third-order valence-electron chi connectivity index (χ3n) is 3.19. The van der Waals surface area contributed by atoms with E-state index >= 15 is 0 Å². The molecule has 24 heavy (non-hydrogen) atoms. The van der Waals surface area contributed by atoms with Crippen molar-refractivity contribution in [3.8, 4) is 17.0 Å². The first-order valence-electron chi connectivity index (χ1n) is 7.11. The highest BCUT2D eigenvalue weighted by molar-refractivity contribution is 7.13. The summed E-state index contributed by atoms with van der Waals surface area (Å²) in [5.41, 5.74) is 7.20. The molecule has 3 rings (SSSR count). The number of halogens is 1. The summed E-state index contributed by atoms with van der Waals surface area (Å²) >= 11 is 1.33. The SMILES string of the molecule is Nc1nc(-c2ccccc2OCC(=O)Nc2ccccc2F)cs1. The summed E-state index contributed by atoms with van der Waals surface area (Å²) in [6.07, 6.45) is 0. The average Bonchev–Trinajstić information content (AvgIpc) is 3.02. The van der Waals surface area contributed by atoms with Gasteiger partial charge >= 0.3 is 0 Å². The van der Waals surface area contributed by atoms with E-state index in [0.717, 1.165) is 5.56 Å². The molecule has 0 atom stereocenters. The number of rotatable bonds is 5. The molecule has 3 aromatic rings. The Morgan fingerprint density at radius 2 is 1.96 bits per heavy atom. The Morgan fingerprint density at radius 1 is 1.21 bits per heavy atom. The number of nitrogen functional groups attached to an aromatic ring is 1. The molecule has 7 heteroatoms. The van der Waals surface area contributed by atoms with Crippen molar-refractivity contribution in [3.05, 3.63) is 59.7 Å². The van der Waals surface area contributed by atoms with Crippen molar-refractivity contribution in [3.63, 3.8) is 0 Å². The minimum Gasteiger partial charge on any atom is -0.483 e. The monoisotopic (exact) mass is 343 g/mol.